The van der Waals surface area contributed by atoms with Gasteiger partial charge in [-0.15, -0.1) is 0 Å². The third kappa shape index (κ3) is 3.80. The molecule has 0 amide bonds. The first kappa shape index (κ1) is 23.9. The number of aromatic carboxylic acids is 1. The fraction of sp³-hybridized carbons (Fsp3) is 0.208. The molecule has 5 rings (SSSR count). The first-order valence-electron chi connectivity index (χ1n) is 11.1. The lowest BCUT2D eigenvalue weighted by atomic mass is 10.1. The number of pyridine rings is 1. The minimum absolute atomic E-state index is 0.0338. The second kappa shape index (κ2) is 8.68. The number of phenols is 1. The van der Waals surface area contributed by atoms with E-state index in [0.717, 1.165) is 35.1 Å². The van der Waals surface area contributed by atoms with Gasteiger partial charge in [-0.1, -0.05) is 29.8 Å². The molecule has 3 heterocycles. The van der Waals surface area contributed by atoms with Crippen molar-refractivity contribution in [2.75, 3.05) is 10.8 Å². The number of aromatic hydroxyl groups is 1. The van der Waals surface area contributed by atoms with Gasteiger partial charge in [0.2, 0.25) is 0 Å². The van der Waals surface area contributed by atoms with Crippen LogP contribution in [0.1, 0.15) is 34.5 Å². The van der Waals surface area contributed by atoms with Crippen LogP contribution in [-0.2, 0) is 16.4 Å². The van der Waals surface area contributed by atoms with Gasteiger partial charge in [-0.25, -0.2) is 27.6 Å². The van der Waals surface area contributed by atoms with Crippen molar-refractivity contribution in [3.05, 3.63) is 74.8 Å². The number of carboxylic acids is 1. The van der Waals surface area contributed by atoms with Gasteiger partial charge in [0, 0.05) is 12.6 Å². The molecule has 0 aliphatic carbocycles. The van der Waals surface area contributed by atoms with Crippen molar-refractivity contribution in [2.24, 2.45) is 0 Å². The summed E-state index contributed by atoms with van der Waals surface area (Å²) in [7, 11) is -4.27. The number of hydrogen-bond donors (Lipinski definition) is 3. The molecule has 0 bridgehead atoms. The number of imidazole rings is 1. The number of aromatic amines is 1. The topological polar surface area (TPSA) is 146 Å². The fourth-order valence-electron chi connectivity index (χ4n) is 4.50. The average molecular weight is 529 g/mol. The highest BCUT2D eigenvalue weighted by Gasteiger charge is 2.32. The van der Waals surface area contributed by atoms with Gasteiger partial charge in [-0.05, 0) is 55.5 Å². The van der Waals surface area contributed by atoms with E-state index in [1.165, 1.54) is 10.4 Å². The molecule has 0 spiro atoms. The van der Waals surface area contributed by atoms with Gasteiger partial charge in [-0.2, -0.15) is 0 Å². The molecule has 0 unspecified atom stereocenters. The van der Waals surface area contributed by atoms with Crippen molar-refractivity contribution in [1.29, 1.82) is 0 Å². The van der Waals surface area contributed by atoms with E-state index < -0.39 is 32.3 Å². The molecule has 2 aromatic carbocycles. The van der Waals surface area contributed by atoms with Gasteiger partial charge in [-0.3, -0.25) is 4.31 Å². The standard InChI is InChI=1S/C24H21ClN4O6S/c1-13-10-16(23(31)32)26-22-21(13)27-24(33)29(22)18-12-20(19(30)11-15(18)25)36(34,35)28-9-5-4-7-14-6-2-3-8-17(14)28/h2-3,6,8,10-12,30H,4-5,7,9H2,1H3,(H,27,33)(H,31,32). The van der Waals surface area contributed by atoms with E-state index in [1.54, 1.807) is 19.1 Å². The number of nitrogens with zero attached hydrogens (tertiary/aromatic N) is 3. The number of aryl methyl sites for hydroxylation is 2. The number of carbonyl (C=O) groups is 1. The molecule has 2 aromatic heterocycles. The van der Waals surface area contributed by atoms with E-state index in [-0.39, 0.29) is 34.1 Å². The highest BCUT2D eigenvalue weighted by Crippen LogP contribution is 2.37. The minimum atomic E-state index is -4.27. The zero-order valence-electron chi connectivity index (χ0n) is 19.0. The van der Waals surface area contributed by atoms with Crippen LogP contribution < -0.4 is 9.99 Å². The third-order valence-corrected chi connectivity index (χ3v) is 8.36. The number of H-pyrrole nitrogens is 1. The highest BCUT2D eigenvalue weighted by atomic mass is 35.5. The molecule has 0 saturated heterocycles. The Morgan fingerprint density at radius 3 is 2.64 bits per heavy atom. The lowest BCUT2D eigenvalue weighted by Gasteiger charge is -2.25. The molecule has 1 aliphatic heterocycles. The van der Waals surface area contributed by atoms with Crippen LogP contribution >= 0.6 is 11.6 Å². The van der Waals surface area contributed by atoms with Crippen LogP contribution in [0.15, 0.2) is 52.2 Å². The van der Waals surface area contributed by atoms with Crippen LogP contribution in [0.5, 0.6) is 5.75 Å². The summed E-state index contributed by atoms with van der Waals surface area (Å²) in [6, 6.07) is 10.7. The second-order valence-electron chi connectivity index (χ2n) is 8.53. The van der Waals surface area contributed by atoms with E-state index in [4.69, 9.17) is 11.6 Å². The maximum Gasteiger partial charge on any atom is 0.354 e. The second-order valence-corrected chi connectivity index (χ2v) is 10.8. The van der Waals surface area contributed by atoms with Gasteiger partial charge in [0.1, 0.15) is 10.6 Å². The Hall–Kier alpha value is -3.83. The van der Waals surface area contributed by atoms with Crippen molar-refractivity contribution >= 4 is 44.4 Å². The number of phenolic OH excluding ortho intramolecular Hbond substituents is 1. The Kier molecular flexibility index (Phi) is 5.76. The predicted octanol–water partition coefficient (Wildman–Crippen LogP) is 3.61. The summed E-state index contributed by atoms with van der Waals surface area (Å²) in [6.07, 6.45) is 2.16. The zero-order chi connectivity index (χ0) is 25.8. The van der Waals surface area contributed by atoms with E-state index in [1.807, 2.05) is 12.1 Å². The summed E-state index contributed by atoms with van der Waals surface area (Å²) < 4.78 is 29.9. The predicted molar refractivity (Wildman–Crippen MR) is 134 cm³/mol. The molecule has 0 fully saturated rings. The molecule has 186 valence electrons. The Labute approximate surface area is 210 Å². The van der Waals surface area contributed by atoms with Gasteiger partial charge in [0.05, 0.1) is 21.9 Å². The first-order valence-corrected chi connectivity index (χ1v) is 12.9. The van der Waals surface area contributed by atoms with Gasteiger partial charge in [0.15, 0.2) is 11.3 Å². The van der Waals surface area contributed by atoms with E-state index in [0.29, 0.717) is 17.7 Å². The van der Waals surface area contributed by atoms with E-state index >= 15 is 0 Å². The highest BCUT2D eigenvalue weighted by molar-refractivity contribution is 7.93. The lowest BCUT2D eigenvalue weighted by molar-refractivity contribution is 0.0690. The summed E-state index contributed by atoms with van der Waals surface area (Å²) in [6.45, 7) is 1.83. The van der Waals surface area contributed by atoms with Crippen molar-refractivity contribution in [3.8, 4) is 11.4 Å². The van der Waals surface area contributed by atoms with Crippen LogP contribution in [0.25, 0.3) is 16.9 Å². The minimum Gasteiger partial charge on any atom is -0.506 e. The lowest BCUT2D eigenvalue weighted by Crippen LogP contribution is -2.32. The summed E-state index contributed by atoms with van der Waals surface area (Å²) in [5, 5.41) is 20.0. The maximum absolute atomic E-state index is 13.8. The molecule has 1 aliphatic rings. The van der Waals surface area contributed by atoms with Crippen molar-refractivity contribution < 1.29 is 23.4 Å². The summed E-state index contributed by atoms with van der Waals surface area (Å²) in [5.74, 6) is -1.87. The number of benzene rings is 2. The van der Waals surface area contributed by atoms with Gasteiger partial charge >= 0.3 is 11.7 Å². The number of aromatic nitrogens is 3. The molecule has 12 heteroatoms. The molecular weight excluding hydrogens is 508 g/mol. The Morgan fingerprint density at radius 1 is 1.14 bits per heavy atom. The first-order chi connectivity index (χ1) is 17.1. The monoisotopic (exact) mass is 528 g/mol. The number of carboxylic acid groups (broad SMARTS) is 1. The molecule has 0 saturated carbocycles. The number of halogens is 1. The molecule has 0 atom stereocenters. The molecule has 3 N–H and O–H groups in total. The third-order valence-electron chi connectivity index (χ3n) is 6.22. The molecule has 4 aromatic rings. The number of nitrogens with one attached hydrogen (secondary N) is 1. The van der Waals surface area contributed by atoms with Crippen LogP contribution in [0, 0.1) is 6.92 Å². The molecular formula is C24H21ClN4O6S. The number of sulfonamides is 1. The average Bonchev–Trinajstić information content (AvgIpc) is 3.00. The molecule has 10 nitrogen and oxygen atoms in total. The number of rotatable bonds is 4. The normalized spacial score (nSPS) is 14.0. The van der Waals surface area contributed by atoms with Gasteiger partial charge < -0.3 is 15.2 Å². The largest absolute Gasteiger partial charge is 0.506 e. The maximum atomic E-state index is 13.8. The van der Waals surface area contributed by atoms with Crippen LogP contribution in [0.4, 0.5) is 5.69 Å². The fourth-order valence-corrected chi connectivity index (χ4v) is 6.37. The zero-order valence-corrected chi connectivity index (χ0v) is 20.6. The van der Waals surface area contributed by atoms with Crippen LogP contribution in [0.2, 0.25) is 5.02 Å². The number of hydrogen-bond acceptors (Lipinski definition) is 6. The summed E-state index contributed by atoms with van der Waals surface area (Å²) in [4.78, 5) is 30.7. The quantitative estimate of drug-likeness (QED) is 0.366. The Morgan fingerprint density at radius 2 is 1.89 bits per heavy atom. The van der Waals surface area contributed by atoms with Crippen molar-refractivity contribution in [2.45, 2.75) is 31.1 Å². The van der Waals surface area contributed by atoms with Crippen molar-refractivity contribution in [3.63, 3.8) is 0 Å². The van der Waals surface area contributed by atoms with Crippen molar-refractivity contribution in [1.82, 2.24) is 14.5 Å². The molecule has 36 heavy (non-hydrogen) atoms. The number of para-hydroxylation sites is 1. The van der Waals surface area contributed by atoms with E-state index in [9.17, 15) is 28.2 Å². The summed E-state index contributed by atoms with van der Waals surface area (Å²) in [5.41, 5.74) is 1.04. The Bertz CT molecular complexity index is 1710. The SMILES string of the molecule is Cc1cc(C(=O)O)nc2c1[nH]c(=O)n2-c1cc(S(=O)(=O)N2CCCCc3ccccc32)c(O)cc1Cl. The number of fused-ring (bicyclic) bond motifs is 2. The number of anilines is 1. The van der Waals surface area contributed by atoms with Gasteiger partial charge in [0.25, 0.3) is 10.0 Å². The summed E-state index contributed by atoms with van der Waals surface area (Å²) >= 11 is 6.36. The van der Waals surface area contributed by atoms with Crippen LogP contribution in [-0.4, -0.2) is 45.7 Å². The molecule has 0 radical (unpaired) electrons. The van der Waals surface area contributed by atoms with E-state index in [2.05, 4.69) is 9.97 Å². The van der Waals surface area contributed by atoms with Crippen LogP contribution in [0.3, 0.4) is 0 Å². The Balaban J connectivity index is 1.74. The smallest absolute Gasteiger partial charge is 0.354 e.